The molecular formula is C27H35NO5. The Kier molecular flexibility index (Phi) is 6.55. The first-order valence-electron chi connectivity index (χ1n) is 12.1. The van der Waals surface area contributed by atoms with Crippen molar-refractivity contribution in [2.24, 2.45) is 5.41 Å². The fourth-order valence-corrected chi connectivity index (χ4v) is 5.42. The van der Waals surface area contributed by atoms with Gasteiger partial charge in [-0.05, 0) is 69.1 Å². The maximum absolute atomic E-state index is 13.5. The largest absolute Gasteiger partial charge is 0.504 e. The number of carbonyl (C=O) groups is 2. The second kappa shape index (κ2) is 9.24. The molecule has 33 heavy (non-hydrogen) atoms. The SMILES string of the molecule is CCOc1cc(C2C(C(=O)OC3CCCCC3)=C(C)NC3=C2C(=O)CC(C)(C)C3)ccc1O. The Balaban J connectivity index is 1.79. The summed E-state index contributed by atoms with van der Waals surface area (Å²) in [6.07, 6.45) is 6.13. The number of phenols is 1. The summed E-state index contributed by atoms with van der Waals surface area (Å²) in [4.78, 5) is 26.9. The van der Waals surface area contributed by atoms with E-state index in [9.17, 15) is 14.7 Å². The van der Waals surface area contributed by atoms with Crippen molar-refractivity contribution in [3.05, 3.63) is 46.3 Å². The van der Waals surface area contributed by atoms with Gasteiger partial charge in [-0.25, -0.2) is 4.79 Å². The van der Waals surface area contributed by atoms with E-state index >= 15 is 0 Å². The molecule has 6 nitrogen and oxygen atoms in total. The van der Waals surface area contributed by atoms with Crippen LogP contribution in [0.1, 0.15) is 84.1 Å². The number of allylic oxidation sites excluding steroid dienone is 3. The van der Waals surface area contributed by atoms with Crippen LogP contribution in [0.3, 0.4) is 0 Å². The second-order valence-corrected chi connectivity index (χ2v) is 10.3. The highest BCUT2D eigenvalue weighted by Crippen LogP contribution is 2.48. The van der Waals surface area contributed by atoms with Gasteiger partial charge in [0, 0.05) is 29.3 Å². The van der Waals surface area contributed by atoms with Crippen LogP contribution in [-0.4, -0.2) is 29.6 Å². The van der Waals surface area contributed by atoms with E-state index in [0.29, 0.717) is 29.9 Å². The van der Waals surface area contributed by atoms with E-state index < -0.39 is 5.92 Å². The van der Waals surface area contributed by atoms with Crippen molar-refractivity contribution >= 4 is 11.8 Å². The number of Topliss-reactive ketones (excluding diaryl/α,β-unsaturated/α-hetero) is 1. The lowest BCUT2D eigenvalue weighted by atomic mass is 9.68. The summed E-state index contributed by atoms with van der Waals surface area (Å²) in [5.41, 5.74) is 3.28. The van der Waals surface area contributed by atoms with Crippen molar-refractivity contribution in [3.63, 3.8) is 0 Å². The van der Waals surface area contributed by atoms with E-state index in [1.165, 1.54) is 6.42 Å². The number of ketones is 1. The predicted octanol–water partition coefficient (Wildman–Crippen LogP) is 5.27. The molecule has 0 radical (unpaired) electrons. The van der Waals surface area contributed by atoms with Crippen LogP contribution in [0.25, 0.3) is 0 Å². The summed E-state index contributed by atoms with van der Waals surface area (Å²) in [5, 5.41) is 13.6. The number of carbonyl (C=O) groups excluding carboxylic acids is 2. The highest BCUT2D eigenvalue weighted by atomic mass is 16.5. The molecule has 1 atom stereocenters. The van der Waals surface area contributed by atoms with Crippen molar-refractivity contribution < 1.29 is 24.2 Å². The Morgan fingerprint density at radius 1 is 1.18 bits per heavy atom. The van der Waals surface area contributed by atoms with E-state index in [0.717, 1.165) is 49.1 Å². The molecule has 1 aromatic rings. The number of benzene rings is 1. The van der Waals surface area contributed by atoms with Gasteiger partial charge in [-0.2, -0.15) is 0 Å². The summed E-state index contributed by atoms with van der Waals surface area (Å²) < 4.78 is 11.6. The number of esters is 1. The van der Waals surface area contributed by atoms with E-state index in [1.807, 2.05) is 13.8 Å². The van der Waals surface area contributed by atoms with Crippen molar-refractivity contribution in [1.82, 2.24) is 5.32 Å². The summed E-state index contributed by atoms with van der Waals surface area (Å²) in [6.45, 7) is 8.30. The third-order valence-electron chi connectivity index (χ3n) is 6.90. The first-order chi connectivity index (χ1) is 15.7. The Labute approximate surface area is 196 Å². The summed E-state index contributed by atoms with van der Waals surface area (Å²) >= 11 is 0. The lowest BCUT2D eigenvalue weighted by Crippen LogP contribution is -2.39. The van der Waals surface area contributed by atoms with Crippen LogP contribution in [0.5, 0.6) is 11.5 Å². The number of dihydropyridines is 1. The standard InChI is InChI=1S/C27H35NO5/c1-5-32-22-13-17(11-12-20(22)29)24-23(26(31)33-18-9-7-6-8-10-18)16(2)28-19-14-27(3,4)15-21(30)25(19)24/h11-13,18,24,28-29H,5-10,14-15H2,1-4H3. The minimum absolute atomic E-state index is 0.0341. The van der Waals surface area contributed by atoms with Gasteiger partial charge in [0.05, 0.1) is 12.2 Å². The van der Waals surface area contributed by atoms with Gasteiger partial charge in [0.1, 0.15) is 6.10 Å². The normalized spacial score (nSPS) is 23.2. The number of nitrogens with one attached hydrogen (secondary N) is 1. The average molecular weight is 454 g/mol. The van der Waals surface area contributed by atoms with Crippen molar-refractivity contribution in [2.45, 2.75) is 84.7 Å². The number of hydrogen-bond acceptors (Lipinski definition) is 6. The lowest BCUT2D eigenvalue weighted by molar-refractivity contribution is -0.146. The highest BCUT2D eigenvalue weighted by molar-refractivity contribution is 6.04. The van der Waals surface area contributed by atoms with Gasteiger partial charge < -0.3 is 19.9 Å². The van der Waals surface area contributed by atoms with Gasteiger partial charge in [-0.1, -0.05) is 26.3 Å². The monoisotopic (exact) mass is 453 g/mol. The van der Waals surface area contributed by atoms with Crippen molar-refractivity contribution in [3.8, 4) is 11.5 Å². The van der Waals surface area contributed by atoms with E-state index in [-0.39, 0.29) is 29.0 Å². The maximum atomic E-state index is 13.5. The molecule has 2 N–H and O–H groups in total. The molecule has 0 spiro atoms. The number of rotatable bonds is 5. The molecule has 0 amide bonds. The average Bonchev–Trinajstić information content (AvgIpc) is 2.74. The second-order valence-electron chi connectivity index (χ2n) is 10.3. The fourth-order valence-electron chi connectivity index (χ4n) is 5.42. The third kappa shape index (κ3) is 4.80. The van der Waals surface area contributed by atoms with E-state index in [4.69, 9.17) is 9.47 Å². The smallest absolute Gasteiger partial charge is 0.337 e. The van der Waals surface area contributed by atoms with E-state index in [2.05, 4.69) is 19.2 Å². The van der Waals surface area contributed by atoms with Gasteiger partial charge in [0.15, 0.2) is 17.3 Å². The fraction of sp³-hybridized carbons (Fsp3) is 0.556. The molecule has 6 heteroatoms. The molecule has 1 fully saturated rings. The third-order valence-corrected chi connectivity index (χ3v) is 6.90. The summed E-state index contributed by atoms with van der Waals surface area (Å²) in [7, 11) is 0. The highest BCUT2D eigenvalue weighted by Gasteiger charge is 2.43. The quantitative estimate of drug-likeness (QED) is 0.591. The lowest BCUT2D eigenvalue weighted by Gasteiger charge is -2.39. The first-order valence-corrected chi connectivity index (χ1v) is 12.1. The zero-order valence-electron chi connectivity index (χ0n) is 20.1. The minimum Gasteiger partial charge on any atom is -0.504 e. The molecule has 1 aromatic carbocycles. The molecule has 4 rings (SSSR count). The van der Waals surface area contributed by atoms with Gasteiger partial charge >= 0.3 is 5.97 Å². The molecule has 0 aromatic heterocycles. The summed E-state index contributed by atoms with van der Waals surface area (Å²) in [5.74, 6) is -0.503. The molecule has 1 aliphatic heterocycles. The van der Waals surface area contributed by atoms with Crippen molar-refractivity contribution in [1.29, 1.82) is 0 Å². The zero-order chi connectivity index (χ0) is 23.8. The number of aromatic hydroxyl groups is 1. The predicted molar refractivity (Wildman–Crippen MR) is 126 cm³/mol. The van der Waals surface area contributed by atoms with Crippen LogP contribution in [0.15, 0.2) is 40.7 Å². The molecule has 1 unspecified atom stereocenters. The van der Waals surface area contributed by atoms with E-state index in [1.54, 1.807) is 18.2 Å². The van der Waals surface area contributed by atoms with Gasteiger partial charge in [0.25, 0.3) is 0 Å². The van der Waals surface area contributed by atoms with Crippen molar-refractivity contribution in [2.75, 3.05) is 6.61 Å². The molecular weight excluding hydrogens is 418 g/mol. The van der Waals surface area contributed by atoms with Gasteiger partial charge in [-0.3, -0.25) is 4.79 Å². The van der Waals surface area contributed by atoms with Crippen LogP contribution < -0.4 is 10.1 Å². The zero-order valence-corrected chi connectivity index (χ0v) is 20.1. The topological polar surface area (TPSA) is 84.9 Å². The Morgan fingerprint density at radius 2 is 1.91 bits per heavy atom. The first kappa shape index (κ1) is 23.4. The molecule has 2 aliphatic carbocycles. The van der Waals surface area contributed by atoms with Gasteiger partial charge in [0.2, 0.25) is 0 Å². The Bertz CT molecular complexity index is 1010. The van der Waals surface area contributed by atoms with Crippen LogP contribution in [0.4, 0.5) is 0 Å². The van der Waals surface area contributed by atoms with Crippen LogP contribution in [-0.2, 0) is 14.3 Å². The Hall–Kier alpha value is -2.76. The van der Waals surface area contributed by atoms with Gasteiger partial charge in [-0.15, -0.1) is 0 Å². The number of phenolic OH excluding ortho intramolecular Hbond substituents is 1. The number of hydrogen-bond donors (Lipinski definition) is 2. The molecule has 178 valence electrons. The molecule has 1 saturated carbocycles. The van der Waals surface area contributed by atoms with Crippen LogP contribution >= 0.6 is 0 Å². The van der Waals surface area contributed by atoms with Crippen LogP contribution in [0.2, 0.25) is 0 Å². The molecule has 3 aliphatic rings. The van der Waals surface area contributed by atoms with Crippen LogP contribution in [0, 0.1) is 5.41 Å². The molecule has 0 bridgehead atoms. The molecule has 0 saturated heterocycles. The molecule has 1 heterocycles. The minimum atomic E-state index is -0.555. The number of ether oxygens (including phenoxy) is 2. The Morgan fingerprint density at radius 3 is 2.61 bits per heavy atom. The summed E-state index contributed by atoms with van der Waals surface area (Å²) in [6, 6.07) is 5.08. The maximum Gasteiger partial charge on any atom is 0.337 e.